The summed E-state index contributed by atoms with van der Waals surface area (Å²) in [4.78, 5) is 0. The topological polar surface area (TPSA) is 49.7 Å². The van der Waals surface area contributed by atoms with E-state index in [9.17, 15) is 5.11 Å². The Morgan fingerprint density at radius 1 is 1.06 bits per heavy atom. The molecule has 0 bridgehead atoms. The first-order valence-electron chi connectivity index (χ1n) is 5.91. The van der Waals surface area contributed by atoms with Crippen molar-refractivity contribution in [2.75, 3.05) is 13.2 Å². The lowest BCUT2D eigenvalue weighted by molar-refractivity contribution is 0.255. The smallest absolute Gasteiger partial charge is 0.138 e. The third kappa shape index (κ3) is 5.06. The van der Waals surface area contributed by atoms with E-state index in [-0.39, 0.29) is 13.2 Å². The SMILES string of the molecule is OCCCCCCOc1c(Br)cccc1CO. The van der Waals surface area contributed by atoms with Gasteiger partial charge in [0.25, 0.3) is 0 Å². The van der Waals surface area contributed by atoms with Crippen LogP contribution in [0.2, 0.25) is 0 Å². The number of hydrogen-bond donors (Lipinski definition) is 2. The van der Waals surface area contributed by atoms with Crippen molar-refractivity contribution in [3.63, 3.8) is 0 Å². The molecule has 0 atom stereocenters. The van der Waals surface area contributed by atoms with Crippen molar-refractivity contribution in [1.82, 2.24) is 0 Å². The highest BCUT2D eigenvalue weighted by atomic mass is 79.9. The molecule has 0 fully saturated rings. The van der Waals surface area contributed by atoms with Crippen molar-refractivity contribution >= 4 is 15.9 Å². The van der Waals surface area contributed by atoms with E-state index in [0.717, 1.165) is 41.5 Å². The van der Waals surface area contributed by atoms with Crippen molar-refractivity contribution in [1.29, 1.82) is 0 Å². The van der Waals surface area contributed by atoms with E-state index in [1.54, 1.807) is 0 Å². The van der Waals surface area contributed by atoms with Crippen LogP contribution in [0.25, 0.3) is 0 Å². The van der Waals surface area contributed by atoms with Gasteiger partial charge in [-0.25, -0.2) is 0 Å². The molecule has 1 rings (SSSR count). The predicted octanol–water partition coefficient (Wildman–Crippen LogP) is 2.87. The Hall–Kier alpha value is -0.580. The van der Waals surface area contributed by atoms with Gasteiger partial charge in [0.2, 0.25) is 0 Å². The maximum absolute atomic E-state index is 9.19. The predicted molar refractivity (Wildman–Crippen MR) is 71.1 cm³/mol. The Morgan fingerprint density at radius 2 is 1.82 bits per heavy atom. The highest BCUT2D eigenvalue weighted by Gasteiger charge is 2.06. The fraction of sp³-hybridized carbons (Fsp3) is 0.538. The van der Waals surface area contributed by atoms with Gasteiger partial charge >= 0.3 is 0 Å². The van der Waals surface area contributed by atoms with Crippen LogP contribution in [0.15, 0.2) is 22.7 Å². The molecule has 0 saturated carbocycles. The van der Waals surface area contributed by atoms with E-state index in [1.807, 2.05) is 18.2 Å². The first-order chi connectivity index (χ1) is 8.29. The second-order valence-corrected chi connectivity index (χ2v) is 4.73. The number of hydrogen-bond acceptors (Lipinski definition) is 3. The molecule has 0 aliphatic rings. The molecule has 0 spiro atoms. The van der Waals surface area contributed by atoms with Gasteiger partial charge in [0, 0.05) is 12.2 Å². The lowest BCUT2D eigenvalue weighted by atomic mass is 10.2. The average Bonchev–Trinajstić information content (AvgIpc) is 2.35. The standard InChI is InChI=1S/C13H19BrO3/c14-12-7-5-6-11(10-16)13(12)17-9-4-2-1-3-8-15/h5-7,15-16H,1-4,8-10H2. The van der Waals surface area contributed by atoms with Gasteiger partial charge in [-0.1, -0.05) is 18.6 Å². The lowest BCUT2D eigenvalue weighted by Crippen LogP contribution is -2.01. The minimum atomic E-state index is -0.0146. The Labute approximate surface area is 111 Å². The van der Waals surface area contributed by atoms with Crippen LogP contribution in [-0.2, 0) is 6.61 Å². The van der Waals surface area contributed by atoms with Crippen LogP contribution in [-0.4, -0.2) is 23.4 Å². The van der Waals surface area contributed by atoms with Crippen molar-refractivity contribution in [3.8, 4) is 5.75 Å². The van der Waals surface area contributed by atoms with Gasteiger partial charge in [0.1, 0.15) is 5.75 Å². The summed E-state index contributed by atoms with van der Waals surface area (Å²) in [5.74, 6) is 0.733. The molecule has 0 amide bonds. The number of rotatable bonds is 8. The number of benzene rings is 1. The van der Waals surface area contributed by atoms with Crippen LogP contribution < -0.4 is 4.74 Å². The largest absolute Gasteiger partial charge is 0.492 e. The van der Waals surface area contributed by atoms with Gasteiger partial charge < -0.3 is 14.9 Å². The number of para-hydroxylation sites is 1. The summed E-state index contributed by atoms with van der Waals surface area (Å²) < 4.78 is 6.54. The number of aliphatic hydroxyl groups excluding tert-OH is 2. The van der Waals surface area contributed by atoms with E-state index in [0.29, 0.717) is 6.61 Å². The van der Waals surface area contributed by atoms with Crippen LogP contribution in [0.4, 0.5) is 0 Å². The summed E-state index contributed by atoms with van der Waals surface area (Å²) in [6.07, 6.45) is 3.91. The first-order valence-corrected chi connectivity index (χ1v) is 6.70. The quantitative estimate of drug-likeness (QED) is 0.726. The molecular weight excluding hydrogens is 284 g/mol. The third-order valence-electron chi connectivity index (χ3n) is 2.52. The molecule has 0 aliphatic carbocycles. The summed E-state index contributed by atoms with van der Waals surface area (Å²) in [6, 6.07) is 5.63. The zero-order chi connectivity index (χ0) is 12.5. The number of ether oxygens (including phenoxy) is 1. The van der Waals surface area contributed by atoms with Crippen molar-refractivity contribution < 1.29 is 14.9 Å². The van der Waals surface area contributed by atoms with Crippen molar-refractivity contribution in [2.24, 2.45) is 0 Å². The summed E-state index contributed by atoms with van der Waals surface area (Å²) in [5.41, 5.74) is 0.801. The molecule has 17 heavy (non-hydrogen) atoms. The molecular formula is C13H19BrO3. The molecule has 0 unspecified atom stereocenters. The maximum atomic E-state index is 9.19. The van der Waals surface area contributed by atoms with Crippen LogP contribution in [0.3, 0.4) is 0 Å². The van der Waals surface area contributed by atoms with Gasteiger partial charge in [-0.2, -0.15) is 0 Å². The Bertz CT molecular complexity index is 328. The fourth-order valence-corrected chi connectivity index (χ4v) is 2.10. The Balaban J connectivity index is 2.35. The second-order valence-electron chi connectivity index (χ2n) is 3.87. The monoisotopic (exact) mass is 302 g/mol. The Morgan fingerprint density at radius 3 is 2.53 bits per heavy atom. The minimum absolute atomic E-state index is 0.0146. The van der Waals surface area contributed by atoms with E-state index >= 15 is 0 Å². The van der Waals surface area contributed by atoms with Gasteiger partial charge in [0.15, 0.2) is 0 Å². The molecule has 2 N–H and O–H groups in total. The van der Waals surface area contributed by atoms with Crippen LogP contribution in [0, 0.1) is 0 Å². The summed E-state index contributed by atoms with van der Waals surface area (Å²) in [5, 5.41) is 17.8. The molecule has 0 saturated heterocycles. The molecule has 1 aromatic rings. The summed E-state index contributed by atoms with van der Waals surface area (Å²) >= 11 is 3.41. The zero-order valence-corrected chi connectivity index (χ0v) is 11.4. The molecule has 4 heteroatoms. The second kappa shape index (κ2) is 8.50. The zero-order valence-electron chi connectivity index (χ0n) is 9.86. The van der Waals surface area contributed by atoms with E-state index in [2.05, 4.69) is 15.9 Å². The first kappa shape index (κ1) is 14.5. The molecule has 1 aromatic carbocycles. The molecule has 0 radical (unpaired) electrons. The number of unbranched alkanes of at least 4 members (excludes halogenated alkanes) is 3. The van der Waals surface area contributed by atoms with Crippen LogP contribution >= 0.6 is 15.9 Å². The molecule has 3 nitrogen and oxygen atoms in total. The highest BCUT2D eigenvalue weighted by Crippen LogP contribution is 2.29. The van der Waals surface area contributed by atoms with E-state index < -0.39 is 0 Å². The van der Waals surface area contributed by atoms with E-state index in [1.165, 1.54) is 0 Å². The van der Waals surface area contributed by atoms with Gasteiger partial charge in [-0.3, -0.25) is 0 Å². The highest BCUT2D eigenvalue weighted by molar-refractivity contribution is 9.10. The molecule has 0 heterocycles. The number of aliphatic hydroxyl groups is 2. The normalized spacial score (nSPS) is 10.5. The minimum Gasteiger partial charge on any atom is -0.492 e. The summed E-state index contributed by atoms with van der Waals surface area (Å²) in [7, 11) is 0. The Kier molecular flexibility index (Phi) is 7.24. The van der Waals surface area contributed by atoms with Crippen molar-refractivity contribution in [2.45, 2.75) is 32.3 Å². The number of halogens is 1. The lowest BCUT2D eigenvalue weighted by Gasteiger charge is -2.11. The average molecular weight is 303 g/mol. The van der Waals surface area contributed by atoms with Gasteiger partial charge in [-0.05, 0) is 41.3 Å². The third-order valence-corrected chi connectivity index (χ3v) is 3.14. The van der Waals surface area contributed by atoms with Crippen LogP contribution in [0.1, 0.15) is 31.2 Å². The molecule has 0 aliphatic heterocycles. The van der Waals surface area contributed by atoms with Gasteiger partial charge in [0.05, 0.1) is 17.7 Å². The molecule has 96 valence electrons. The molecule has 0 aromatic heterocycles. The van der Waals surface area contributed by atoms with Gasteiger partial charge in [-0.15, -0.1) is 0 Å². The summed E-state index contributed by atoms with van der Waals surface area (Å²) in [6.45, 7) is 0.889. The van der Waals surface area contributed by atoms with Crippen molar-refractivity contribution in [3.05, 3.63) is 28.2 Å². The van der Waals surface area contributed by atoms with Crippen LogP contribution in [0.5, 0.6) is 5.75 Å². The van der Waals surface area contributed by atoms with E-state index in [4.69, 9.17) is 9.84 Å². The fourth-order valence-electron chi connectivity index (χ4n) is 1.58. The maximum Gasteiger partial charge on any atom is 0.138 e.